The van der Waals surface area contributed by atoms with E-state index in [1.165, 1.54) is 24.0 Å². The summed E-state index contributed by atoms with van der Waals surface area (Å²) in [5.41, 5.74) is 4.91. The number of methoxy groups -OCH3 is 1. The van der Waals surface area contributed by atoms with Gasteiger partial charge in [0.2, 0.25) is 0 Å². The van der Waals surface area contributed by atoms with Gasteiger partial charge in [-0.1, -0.05) is 17.7 Å². The average molecular weight is 291 g/mol. The number of benzene rings is 1. The van der Waals surface area contributed by atoms with Crippen molar-refractivity contribution in [1.82, 2.24) is 4.98 Å². The molecule has 5 heteroatoms. The van der Waals surface area contributed by atoms with Gasteiger partial charge in [0.25, 0.3) is 0 Å². The summed E-state index contributed by atoms with van der Waals surface area (Å²) in [7, 11) is 1.53. The molecular weight excluding hydrogens is 274 g/mol. The van der Waals surface area contributed by atoms with Gasteiger partial charge in [-0.15, -0.1) is 11.3 Å². The molecule has 0 saturated carbocycles. The Balaban J connectivity index is 2.59. The van der Waals surface area contributed by atoms with Crippen LogP contribution in [0.5, 0.6) is 0 Å². The van der Waals surface area contributed by atoms with Crippen molar-refractivity contribution in [2.45, 2.75) is 27.4 Å². The summed E-state index contributed by atoms with van der Waals surface area (Å²) >= 11 is 1.20. The molecule has 0 aliphatic rings. The van der Waals surface area contributed by atoms with Gasteiger partial charge in [0.1, 0.15) is 9.88 Å². The van der Waals surface area contributed by atoms with Gasteiger partial charge in [0, 0.05) is 12.7 Å². The van der Waals surface area contributed by atoms with E-state index in [9.17, 15) is 9.90 Å². The lowest BCUT2D eigenvalue weighted by Gasteiger charge is -2.08. The molecular formula is C15H17NO3S. The zero-order chi connectivity index (χ0) is 14.9. The van der Waals surface area contributed by atoms with Gasteiger partial charge in [-0.05, 0) is 31.9 Å². The summed E-state index contributed by atoms with van der Waals surface area (Å²) in [6.45, 7) is 6.30. The molecule has 0 bridgehead atoms. The molecule has 2 aromatic rings. The van der Waals surface area contributed by atoms with Crippen LogP contribution in [0, 0.1) is 20.8 Å². The van der Waals surface area contributed by atoms with Crippen molar-refractivity contribution in [1.29, 1.82) is 0 Å². The highest BCUT2D eigenvalue weighted by atomic mass is 32.1. The molecule has 0 radical (unpaired) electrons. The topological polar surface area (TPSA) is 59.4 Å². The van der Waals surface area contributed by atoms with E-state index in [0.717, 1.165) is 21.7 Å². The Kier molecular flexibility index (Phi) is 4.20. The van der Waals surface area contributed by atoms with E-state index in [-0.39, 0.29) is 11.5 Å². The number of thiazole rings is 1. The zero-order valence-electron chi connectivity index (χ0n) is 12.0. The standard InChI is InChI=1S/C15H17NO3S/c1-8-5-9(2)12(10(3)6-8)14-16-11(7-19-4)13(20-14)15(17)18/h5-6H,7H2,1-4H3,(H,17,18). The van der Waals surface area contributed by atoms with Crippen LogP contribution in [0.25, 0.3) is 10.6 Å². The van der Waals surface area contributed by atoms with Crippen LogP contribution in [-0.2, 0) is 11.3 Å². The highest BCUT2D eigenvalue weighted by Crippen LogP contribution is 2.33. The first-order chi connectivity index (χ1) is 9.43. The van der Waals surface area contributed by atoms with Crippen molar-refractivity contribution >= 4 is 17.3 Å². The van der Waals surface area contributed by atoms with E-state index in [0.29, 0.717) is 5.69 Å². The lowest BCUT2D eigenvalue weighted by Crippen LogP contribution is -1.99. The summed E-state index contributed by atoms with van der Waals surface area (Å²) in [6.07, 6.45) is 0. The second-order valence-electron chi connectivity index (χ2n) is 4.81. The van der Waals surface area contributed by atoms with Gasteiger partial charge in [-0.2, -0.15) is 0 Å². The fraction of sp³-hybridized carbons (Fsp3) is 0.333. The van der Waals surface area contributed by atoms with Crippen LogP contribution in [0.15, 0.2) is 12.1 Å². The highest BCUT2D eigenvalue weighted by molar-refractivity contribution is 7.17. The number of aromatic carboxylic acids is 1. The first-order valence-corrected chi connectivity index (χ1v) is 7.05. The fourth-order valence-electron chi connectivity index (χ4n) is 2.38. The normalized spacial score (nSPS) is 10.8. The Hall–Kier alpha value is -1.72. The van der Waals surface area contributed by atoms with Crippen molar-refractivity contribution in [3.8, 4) is 10.6 Å². The molecule has 4 nitrogen and oxygen atoms in total. The quantitative estimate of drug-likeness (QED) is 0.935. The van der Waals surface area contributed by atoms with Crippen LogP contribution >= 0.6 is 11.3 Å². The Morgan fingerprint density at radius 3 is 2.40 bits per heavy atom. The van der Waals surface area contributed by atoms with E-state index in [4.69, 9.17) is 4.74 Å². The SMILES string of the molecule is COCc1nc(-c2c(C)cc(C)cc2C)sc1C(=O)O. The Morgan fingerprint density at radius 1 is 1.30 bits per heavy atom. The van der Waals surface area contributed by atoms with E-state index in [1.54, 1.807) is 0 Å². The predicted molar refractivity (Wildman–Crippen MR) is 79.4 cm³/mol. The zero-order valence-corrected chi connectivity index (χ0v) is 12.8. The van der Waals surface area contributed by atoms with Crippen LogP contribution in [0.2, 0.25) is 0 Å². The van der Waals surface area contributed by atoms with Gasteiger partial charge >= 0.3 is 5.97 Å². The maximum absolute atomic E-state index is 11.3. The van der Waals surface area contributed by atoms with Crippen molar-refractivity contribution in [2.75, 3.05) is 7.11 Å². The van der Waals surface area contributed by atoms with E-state index < -0.39 is 5.97 Å². The minimum absolute atomic E-state index is 0.210. The number of aromatic nitrogens is 1. The number of ether oxygens (including phenoxy) is 1. The predicted octanol–water partition coefficient (Wildman–Crippen LogP) is 3.58. The molecule has 0 aliphatic carbocycles. The Bertz CT molecular complexity index is 638. The lowest BCUT2D eigenvalue weighted by molar-refractivity contribution is 0.0697. The molecule has 0 atom stereocenters. The van der Waals surface area contributed by atoms with E-state index in [1.807, 2.05) is 20.8 Å². The monoisotopic (exact) mass is 291 g/mol. The largest absolute Gasteiger partial charge is 0.477 e. The van der Waals surface area contributed by atoms with Crippen LogP contribution in [0.1, 0.15) is 32.1 Å². The van der Waals surface area contributed by atoms with Crippen molar-refractivity contribution in [2.24, 2.45) is 0 Å². The molecule has 0 spiro atoms. The number of nitrogens with zero attached hydrogens (tertiary/aromatic N) is 1. The molecule has 106 valence electrons. The number of hydrogen-bond acceptors (Lipinski definition) is 4. The molecule has 2 rings (SSSR count). The van der Waals surface area contributed by atoms with Crippen LogP contribution < -0.4 is 0 Å². The number of rotatable bonds is 4. The molecule has 0 aliphatic heterocycles. The minimum Gasteiger partial charge on any atom is -0.477 e. The molecule has 0 saturated heterocycles. The number of carboxylic acid groups (broad SMARTS) is 1. The summed E-state index contributed by atoms with van der Waals surface area (Å²) in [5, 5.41) is 9.99. The van der Waals surface area contributed by atoms with Crippen molar-refractivity contribution in [3.63, 3.8) is 0 Å². The maximum Gasteiger partial charge on any atom is 0.347 e. The maximum atomic E-state index is 11.3. The smallest absolute Gasteiger partial charge is 0.347 e. The third kappa shape index (κ3) is 2.73. The molecule has 0 fully saturated rings. The van der Waals surface area contributed by atoms with Gasteiger partial charge in [-0.3, -0.25) is 0 Å². The van der Waals surface area contributed by atoms with E-state index in [2.05, 4.69) is 17.1 Å². The van der Waals surface area contributed by atoms with Crippen LogP contribution in [0.3, 0.4) is 0 Å². The highest BCUT2D eigenvalue weighted by Gasteiger charge is 2.20. The number of carboxylic acids is 1. The number of hydrogen-bond donors (Lipinski definition) is 1. The Morgan fingerprint density at radius 2 is 1.90 bits per heavy atom. The fourth-order valence-corrected chi connectivity index (χ4v) is 3.46. The minimum atomic E-state index is -0.955. The summed E-state index contributed by atoms with van der Waals surface area (Å²) in [6, 6.07) is 4.17. The van der Waals surface area contributed by atoms with Crippen molar-refractivity contribution in [3.05, 3.63) is 39.4 Å². The first-order valence-electron chi connectivity index (χ1n) is 6.24. The molecule has 20 heavy (non-hydrogen) atoms. The second-order valence-corrected chi connectivity index (χ2v) is 5.81. The Labute approximate surface area is 122 Å². The van der Waals surface area contributed by atoms with Gasteiger partial charge in [0.05, 0.1) is 12.3 Å². The van der Waals surface area contributed by atoms with E-state index >= 15 is 0 Å². The van der Waals surface area contributed by atoms with Crippen LogP contribution in [0.4, 0.5) is 0 Å². The molecule has 1 N–H and O–H groups in total. The molecule has 0 unspecified atom stereocenters. The lowest BCUT2D eigenvalue weighted by atomic mass is 10.0. The van der Waals surface area contributed by atoms with Crippen molar-refractivity contribution < 1.29 is 14.6 Å². The summed E-state index contributed by atoms with van der Waals surface area (Å²) in [5.74, 6) is -0.955. The molecule has 1 aromatic carbocycles. The molecule has 1 heterocycles. The third-order valence-electron chi connectivity index (χ3n) is 3.06. The molecule has 0 amide bonds. The third-order valence-corrected chi connectivity index (χ3v) is 4.17. The van der Waals surface area contributed by atoms with Gasteiger partial charge in [-0.25, -0.2) is 9.78 Å². The number of carbonyl (C=O) groups is 1. The average Bonchev–Trinajstić information content (AvgIpc) is 2.72. The van der Waals surface area contributed by atoms with Crippen LogP contribution in [-0.4, -0.2) is 23.2 Å². The first kappa shape index (κ1) is 14.7. The van der Waals surface area contributed by atoms with Gasteiger partial charge in [0.15, 0.2) is 0 Å². The molecule has 1 aromatic heterocycles. The van der Waals surface area contributed by atoms with Gasteiger partial charge < -0.3 is 9.84 Å². The number of aryl methyl sites for hydroxylation is 3. The summed E-state index contributed by atoms with van der Waals surface area (Å²) in [4.78, 5) is 16.0. The summed E-state index contributed by atoms with van der Waals surface area (Å²) < 4.78 is 5.03. The second kappa shape index (κ2) is 5.73.